The van der Waals surface area contributed by atoms with Crippen molar-refractivity contribution in [1.82, 2.24) is 0 Å². The average molecular weight is 413 g/mol. The Morgan fingerprint density at radius 1 is 1.20 bits per heavy atom. The highest BCUT2D eigenvalue weighted by atomic mass is 16.3. The van der Waals surface area contributed by atoms with Crippen molar-refractivity contribution in [3.05, 3.63) is 46.2 Å². The Morgan fingerprint density at radius 3 is 2.40 bits per heavy atom. The minimum atomic E-state index is -2.61. The van der Waals surface area contributed by atoms with Crippen molar-refractivity contribution in [2.75, 3.05) is 0 Å². The second-order valence-corrected chi connectivity index (χ2v) is 7.76. The van der Waals surface area contributed by atoms with Gasteiger partial charge in [0.25, 0.3) is 0 Å². The van der Waals surface area contributed by atoms with E-state index in [1.54, 1.807) is 32.0 Å². The second kappa shape index (κ2) is 7.23. The SMILES string of the molecule is CC(=O)C1=C(O)[C@H](N)C(Cc2cc3ccc(C)c(O)c3c(O)c2C)[C@](O)(C=O)C1=O. The largest absolute Gasteiger partial charge is 0.510 e. The van der Waals surface area contributed by atoms with Crippen molar-refractivity contribution < 1.29 is 34.8 Å². The molecule has 30 heavy (non-hydrogen) atoms. The van der Waals surface area contributed by atoms with Crippen molar-refractivity contribution in [1.29, 1.82) is 0 Å². The number of Topliss-reactive ketones (excluding diaryl/α,β-unsaturated/α-hetero) is 2. The summed E-state index contributed by atoms with van der Waals surface area (Å²) in [6.07, 6.45) is -0.123. The Labute approximate surface area is 172 Å². The number of ketones is 2. The minimum absolute atomic E-state index is 0.0284. The molecule has 1 aliphatic carbocycles. The fourth-order valence-corrected chi connectivity index (χ4v) is 4.04. The van der Waals surface area contributed by atoms with Crippen molar-refractivity contribution in [2.45, 2.75) is 38.8 Å². The molecule has 8 nitrogen and oxygen atoms in total. The molecule has 0 heterocycles. The van der Waals surface area contributed by atoms with Crippen LogP contribution in [-0.4, -0.2) is 49.9 Å². The fourth-order valence-electron chi connectivity index (χ4n) is 4.04. The molecule has 2 aromatic rings. The molecular weight excluding hydrogens is 390 g/mol. The van der Waals surface area contributed by atoms with Gasteiger partial charge in [0.15, 0.2) is 17.7 Å². The fraction of sp³-hybridized carbons (Fsp3) is 0.318. The van der Waals surface area contributed by atoms with E-state index in [4.69, 9.17) is 5.73 Å². The van der Waals surface area contributed by atoms with Gasteiger partial charge in [-0.1, -0.05) is 18.2 Å². The zero-order valence-electron chi connectivity index (χ0n) is 16.8. The number of hydrogen-bond acceptors (Lipinski definition) is 8. The smallest absolute Gasteiger partial charge is 0.209 e. The number of phenols is 2. The number of aldehydes is 1. The number of nitrogens with two attached hydrogens (primary N) is 1. The van der Waals surface area contributed by atoms with Crippen LogP contribution in [0, 0.1) is 19.8 Å². The van der Waals surface area contributed by atoms with E-state index in [1.165, 1.54) is 0 Å². The Morgan fingerprint density at radius 2 is 1.83 bits per heavy atom. The van der Waals surface area contributed by atoms with E-state index < -0.39 is 40.5 Å². The summed E-state index contributed by atoms with van der Waals surface area (Å²) in [5.41, 5.74) is 4.11. The van der Waals surface area contributed by atoms with E-state index >= 15 is 0 Å². The molecule has 3 rings (SSSR count). The molecule has 0 aliphatic heterocycles. The molecule has 3 atom stereocenters. The molecule has 0 bridgehead atoms. The van der Waals surface area contributed by atoms with Gasteiger partial charge in [0, 0.05) is 5.92 Å². The molecule has 0 aromatic heterocycles. The van der Waals surface area contributed by atoms with Crippen LogP contribution in [0.4, 0.5) is 0 Å². The summed E-state index contributed by atoms with van der Waals surface area (Å²) in [4.78, 5) is 36.2. The van der Waals surface area contributed by atoms with Gasteiger partial charge in [-0.2, -0.15) is 0 Å². The lowest BCUT2D eigenvalue weighted by molar-refractivity contribution is -0.150. The number of carbonyl (C=O) groups is 3. The summed E-state index contributed by atoms with van der Waals surface area (Å²) >= 11 is 0. The zero-order valence-corrected chi connectivity index (χ0v) is 16.8. The van der Waals surface area contributed by atoms with Crippen molar-refractivity contribution in [3.63, 3.8) is 0 Å². The molecule has 8 heteroatoms. The van der Waals surface area contributed by atoms with E-state index in [9.17, 15) is 34.8 Å². The number of carbonyl (C=O) groups excluding carboxylic acids is 3. The number of hydrogen-bond donors (Lipinski definition) is 5. The van der Waals surface area contributed by atoms with Crippen LogP contribution in [-0.2, 0) is 20.8 Å². The number of phenolic OH excluding ortho intramolecular Hbond substituents is 2. The molecule has 0 radical (unpaired) electrons. The molecule has 0 spiro atoms. The van der Waals surface area contributed by atoms with Gasteiger partial charge in [0.05, 0.1) is 11.4 Å². The van der Waals surface area contributed by atoms with E-state index in [0.717, 1.165) is 6.92 Å². The number of benzene rings is 2. The van der Waals surface area contributed by atoms with E-state index in [-0.39, 0.29) is 29.6 Å². The summed E-state index contributed by atoms with van der Waals surface area (Å²) < 4.78 is 0. The molecule has 0 amide bonds. The lowest BCUT2D eigenvalue weighted by atomic mass is 9.68. The predicted molar refractivity (Wildman–Crippen MR) is 108 cm³/mol. The lowest BCUT2D eigenvalue weighted by Crippen LogP contribution is -2.60. The third kappa shape index (κ3) is 2.96. The number of rotatable bonds is 4. The standard InChI is InChI=1S/C22H23NO7/c1-9-4-5-12-6-13(10(2)19(27)16(12)18(9)26)7-14-17(23)20(28)15(11(3)25)21(29)22(14,30)8-24/h4-6,8,14,17,26-28,30H,7,23H2,1-3H3/t14?,17-,22-/m1/s1. The topological polar surface area (TPSA) is 158 Å². The maximum absolute atomic E-state index is 12.7. The van der Waals surface area contributed by atoms with Gasteiger partial charge < -0.3 is 26.2 Å². The van der Waals surface area contributed by atoms with Gasteiger partial charge in [-0.05, 0) is 49.3 Å². The highest BCUT2D eigenvalue weighted by Crippen LogP contribution is 2.41. The quantitative estimate of drug-likeness (QED) is 0.285. The summed E-state index contributed by atoms with van der Waals surface area (Å²) in [7, 11) is 0. The molecule has 1 aliphatic rings. The number of aliphatic hydroxyl groups excluding tert-OH is 1. The van der Waals surface area contributed by atoms with Crippen LogP contribution >= 0.6 is 0 Å². The average Bonchev–Trinajstić information content (AvgIpc) is 2.69. The Balaban J connectivity index is 2.18. The van der Waals surface area contributed by atoms with E-state index in [1.807, 2.05) is 0 Å². The highest BCUT2D eigenvalue weighted by molar-refractivity contribution is 6.27. The number of aryl methyl sites for hydroxylation is 1. The predicted octanol–water partition coefficient (Wildman–Crippen LogP) is 1.27. The molecule has 6 N–H and O–H groups in total. The van der Waals surface area contributed by atoms with Gasteiger partial charge in [0.2, 0.25) is 5.78 Å². The molecule has 1 unspecified atom stereocenters. The first-order valence-corrected chi connectivity index (χ1v) is 9.32. The van der Waals surface area contributed by atoms with Gasteiger partial charge in [-0.25, -0.2) is 0 Å². The molecule has 158 valence electrons. The highest BCUT2D eigenvalue weighted by Gasteiger charge is 2.54. The monoisotopic (exact) mass is 413 g/mol. The van der Waals surface area contributed by atoms with Crippen LogP contribution in [0.25, 0.3) is 10.8 Å². The van der Waals surface area contributed by atoms with Crippen LogP contribution in [0.2, 0.25) is 0 Å². The molecule has 0 fully saturated rings. The van der Waals surface area contributed by atoms with Crippen molar-refractivity contribution in [3.8, 4) is 11.5 Å². The van der Waals surface area contributed by atoms with Gasteiger partial charge >= 0.3 is 0 Å². The first-order chi connectivity index (χ1) is 14.0. The maximum atomic E-state index is 12.7. The van der Waals surface area contributed by atoms with Crippen LogP contribution in [0.15, 0.2) is 29.5 Å². The first-order valence-electron chi connectivity index (χ1n) is 9.32. The zero-order chi connectivity index (χ0) is 22.5. The molecule has 0 saturated heterocycles. The molecular formula is C22H23NO7. The second-order valence-electron chi connectivity index (χ2n) is 7.76. The van der Waals surface area contributed by atoms with Crippen molar-refractivity contribution >= 4 is 28.6 Å². The van der Waals surface area contributed by atoms with Crippen LogP contribution in [0.3, 0.4) is 0 Å². The summed E-state index contributed by atoms with van der Waals surface area (Å²) in [6.45, 7) is 4.30. The first kappa shape index (κ1) is 21.5. The Kier molecular flexibility index (Phi) is 5.17. The lowest BCUT2D eigenvalue weighted by Gasteiger charge is -2.39. The third-order valence-corrected chi connectivity index (χ3v) is 5.95. The maximum Gasteiger partial charge on any atom is 0.209 e. The number of fused-ring (bicyclic) bond motifs is 1. The number of aromatic hydroxyl groups is 2. The van der Waals surface area contributed by atoms with Crippen LogP contribution in [0.1, 0.15) is 23.6 Å². The number of aliphatic hydroxyl groups is 2. The van der Waals surface area contributed by atoms with Gasteiger partial charge in [-0.3, -0.25) is 14.4 Å². The summed E-state index contributed by atoms with van der Waals surface area (Å²) in [6, 6.07) is 3.64. The van der Waals surface area contributed by atoms with E-state index in [0.29, 0.717) is 22.1 Å². The van der Waals surface area contributed by atoms with Gasteiger partial charge in [0.1, 0.15) is 22.8 Å². The Bertz CT molecular complexity index is 1130. The minimum Gasteiger partial charge on any atom is -0.510 e. The van der Waals surface area contributed by atoms with E-state index in [2.05, 4.69) is 0 Å². The van der Waals surface area contributed by atoms with Crippen LogP contribution in [0.5, 0.6) is 11.5 Å². The normalized spacial score (nSPS) is 24.4. The van der Waals surface area contributed by atoms with Gasteiger partial charge in [-0.15, -0.1) is 0 Å². The molecule has 2 aromatic carbocycles. The van der Waals surface area contributed by atoms with Crippen LogP contribution < -0.4 is 5.73 Å². The third-order valence-electron chi connectivity index (χ3n) is 5.95. The molecule has 0 saturated carbocycles. The summed E-state index contributed by atoms with van der Waals surface area (Å²) in [5.74, 6) is -4.22. The van der Waals surface area contributed by atoms with Crippen molar-refractivity contribution in [2.24, 2.45) is 11.7 Å². The Hall–Kier alpha value is -3.23. The summed E-state index contributed by atoms with van der Waals surface area (Å²) in [5, 5.41) is 42.9.